The van der Waals surface area contributed by atoms with Crippen molar-refractivity contribution in [2.45, 2.75) is 64.7 Å². The Labute approximate surface area is 175 Å². The number of hydrogen-bond donors (Lipinski definition) is 0. The molecule has 3 heteroatoms. The molecule has 0 aliphatic carbocycles. The molecule has 2 aromatic rings. The van der Waals surface area contributed by atoms with Crippen molar-refractivity contribution in [1.29, 1.82) is 0 Å². The highest BCUT2D eigenvalue weighted by Gasteiger charge is 2.21. The van der Waals surface area contributed by atoms with E-state index in [4.69, 9.17) is 4.74 Å². The fourth-order valence-electron chi connectivity index (χ4n) is 3.80. The van der Waals surface area contributed by atoms with Crippen molar-refractivity contribution < 1.29 is 9.53 Å². The van der Waals surface area contributed by atoms with Crippen molar-refractivity contribution in [3.63, 3.8) is 0 Å². The lowest BCUT2D eigenvalue weighted by molar-refractivity contribution is 0.106. The zero-order valence-electron chi connectivity index (χ0n) is 17.7. The van der Waals surface area contributed by atoms with Gasteiger partial charge >= 0.3 is 0 Å². The second-order valence-electron chi connectivity index (χ2n) is 7.81. The number of ether oxygens (including phenoxy) is 1. The van der Waals surface area contributed by atoms with E-state index in [0.717, 1.165) is 30.8 Å². The molecule has 0 saturated heterocycles. The van der Waals surface area contributed by atoms with E-state index in [2.05, 4.69) is 18.0 Å². The zero-order chi connectivity index (χ0) is 20.3. The van der Waals surface area contributed by atoms with Crippen LogP contribution in [0.4, 0.5) is 0 Å². The van der Waals surface area contributed by atoms with E-state index < -0.39 is 0 Å². The molecule has 3 rings (SSSR count). The SMILES string of the molecule is CCCCCCCCCCOc1ccc(C(=O)C2=NCCc3ccccc32)cc1. The normalized spacial score (nSPS) is 12.9. The molecule has 0 radical (unpaired) electrons. The Morgan fingerprint density at radius 1 is 0.897 bits per heavy atom. The Hall–Kier alpha value is -2.42. The van der Waals surface area contributed by atoms with Crippen molar-refractivity contribution in [2.24, 2.45) is 4.99 Å². The molecule has 1 aliphatic rings. The van der Waals surface area contributed by atoms with Crippen molar-refractivity contribution in [3.8, 4) is 5.75 Å². The van der Waals surface area contributed by atoms with Crippen LogP contribution in [-0.2, 0) is 6.42 Å². The lowest BCUT2D eigenvalue weighted by atomic mass is 9.93. The van der Waals surface area contributed by atoms with Gasteiger partial charge in [-0.2, -0.15) is 0 Å². The third-order valence-corrected chi connectivity index (χ3v) is 5.52. The van der Waals surface area contributed by atoms with E-state index >= 15 is 0 Å². The van der Waals surface area contributed by atoms with Gasteiger partial charge in [0, 0.05) is 17.7 Å². The summed E-state index contributed by atoms with van der Waals surface area (Å²) in [4.78, 5) is 17.4. The van der Waals surface area contributed by atoms with Crippen LogP contribution in [0.15, 0.2) is 53.5 Å². The third kappa shape index (κ3) is 6.28. The first-order valence-corrected chi connectivity index (χ1v) is 11.2. The molecule has 0 spiro atoms. The van der Waals surface area contributed by atoms with Gasteiger partial charge < -0.3 is 4.74 Å². The van der Waals surface area contributed by atoms with Gasteiger partial charge in [0.2, 0.25) is 5.78 Å². The number of carbonyl (C=O) groups excluding carboxylic acids is 1. The predicted octanol–water partition coefficient (Wildman–Crippen LogP) is 6.43. The topological polar surface area (TPSA) is 38.7 Å². The summed E-state index contributed by atoms with van der Waals surface area (Å²) in [7, 11) is 0. The molecule has 1 aliphatic heterocycles. The number of nitrogens with zero attached hydrogens (tertiary/aromatic N) is 1. The predicted molar refractivity (Wildman–Crippen MR) is 120 cm³/mol. The molecule has 154 valence electrons. The van der Waals surface area contributed by atoms with Gasteiger partial charge in [-0.3, -0.25) is 9.79 Å². The number of ketones is 1. The molecule has 0 atom stereocenters. The fraction of sp³-hybridized carbons (Fsp3) is 0.462. The monoisotopic (exact) mass is 391 g/mol. The van der Waals surface area contributed by atoms with Gasteiger partial charge in [0.05, 0.1) is 6.61 Å². The van der Waals surface area contributed by atoms with Crippen LogP contribution in [0.2, 0.25) is 0 Å². The number of benzene rings is 2. The van der Waals surface area contributed by atoms with Crippen molar-refractivity contribution >= 4 is 11.5 Å². The summed E-state index contributed by atoms with van der Waals surface area (Å²) in [6.07, 6.45) is 11.2. The summed E-state index contributed by atoms with van der Waals surface area (Å²) in [5.41, 5.74) is 3.43. The first-order chi connectivity index (χ1) is 14.3. The Balaban J connectivity index is 1.43. The highest BCUT2D eigenvalue weighted by molar-refractivity contribution is 6.51. The molecular weight excluding hydrogens is 358 g/mol. The summed E-state index contributed by atoms with van der Waals surface area (Å²) < 4.78 is 5.85. The van der Waals surface area contributed by atoms with Crippen LogP contribution in [0.1, 0.15) is 79.8 Å². The third-order valence-electron chi connectivity index (χ3n) is 5.52. The Bertz CT molecular complexity index is 808. The second-order valence-corrected chi connectivity index (χ2v) is 7.81. The van der Waals surface area contributed by atoms with Crippen LogP contribution in [-0.4, -0.2) is 24.6 Å². The van der Waals surface area contributed by atoms with Crippen LogP contribution < -0.4 is 4.74 Å². The average Bonchev–Trinajstić information content (AvgIpc) is 2.77. The van der Waals surface area contributed by atoms with Gasteiger partial charge in [-0.05, 0) is 42.7 Å². The van der Waals surface area contributed by atoms with E-state index in [0.29, 0.717) is 17.8 Å². The lowest BCUT2D eigenvalue weighted by Crippen LogP contribution is -2.22. The summed E-state index contributed by atoms with van der Waals surface area (Å²) in [5, 5.41) is 0. The number of rotatable bonds is 12. The fourth-order valence-corrected chi connectivity index (χ4v) is 3.80. The maximum Gasteiger partial charge on any atom is 0.211 e. The van der Waals surface area contributed by atoms with Crippen LogP contribution in [0.3, 0.4) is 0 Å². The Morgan fingerprint density at radius 2 is 1.59 bits per heavy atom. The van der Waals surface area contributed by atoms with Gasteiger partial charge in [-0.25, -0.2) is 0 Å². The van der Waals surface area contributed by atoms with E-state index in [1.165, 1.54) is 50.5 Å². The van der Waals surface area contributed by atoms with Gasteiger partial charge in [-0.15, -0.1) is 0 Å². The highest BCUT2D eigenvalue weighted by atomic mass is 16.5. The van der Waals surface area contributed by atoms with Crippen molar-refractivity contribution in [2.75, 3.05) is 13.2 Å². The molecule has 0 fully saturated rings. The van der Waals surface area contributed by atoms with Gasteiger partial charge in [0.1, 0.15) is 11.5 Å². The molecule has 0 unspecified atom stereocenters. The Kier molecular flexibility index (Phi) is 8.48. The summed E-state index contributed by atoms with van der Waals surface area (Å²) in [6.45, 7) is 3.67. The van der Waals surface area contributed by atoms with Crippen LogP contribution >= 0.6 is 0 Å². The van der Waals surface area contributed by atoms with E-state index in [1.807, 2.05) is 42.5 Å². The molecule has 29 heavy (non-hydrogen) atoms. The zero-order valence-corrected chi connectivity index (χ0v) is 17.7. The number of fused-ring (bicyclic) bond motifs is 1. The minimum Gasteiger partial charge on any atom is -0.494 e. The quantitative estimate of drug-likeness (QED) is 0.309. The van der Waals surface area contributed by atoms with Crippen molar-refractivity contribution in [1.82, 2.24) is 0 Å². The maximum absolute atomic E-state index is 12.9. The second kappa shape index (κ2) is 11.5. The maximum atomic E-state index is 12.9. The molecule has 3 nitrogen and oxygen atoms in total. The van der Waals surface area contributed by atoms with E-state index in [-0.39, 0.29) is 5.78 Å². The number of unbranched alkanes of at least 4 members (excludes halogenated alkanes) is 7. The van der Waals surface area contributed by atoms with Gasteiger partial charge in [0.25, 0.3) is 0 Å². The minimum atomic E-state index is -0.00762. The van der Waals surface area contributed by atoms with Gasteiger partial charge in [0.15, 0.2) is 0 Å². The first-order valence-electron chi connectivity index (χ1n) is 11.2. The molecule has 0 bridgehead atoms. The summed E-state index contributed by atoms with van der Waals surface area (Å²) >= 11 is 0. The smallest absolute Gasteiger partial charge is 0.211 e. The summed E-state index contributed by atoms with van der Waals surface area (Å²) in [5.74, 6) is 0.822. The number of carbonyl (C=O) groups is 1. The average molecular weight is 392 g/mol. The number of hydrogen-bond acceptors (Lipinski definition) is 3. The minimum absolute atomic E-state index is 0.00762. The van der Waals surface area contributed by atoms with E-state index in [1.54, 1.807) is 0 Å². The first kappa shape index (κ1) is 21.3. The molecule has 1 heterocycles. The molecule has 0 amide bonds. The standard InChI is InChI=1S/C26H33NO2/c1-2-3-4-5-6-7-8-11-20-29-23-16-14-22(15-17-23)26(28)25-24-13-10-9-12-21(24)18-19-27-25/h9-10,12-17H,2-8,11,18-20H2,1H3. The van der Waals surface area contributed by atoms with Crippen LogP contribution in [0, 0.1) is 0 Å². The molecule has 0 N–H and O–H groups in total. The molecule has 0 saturated carbocycles. The molecule has 2 aromatic carbocycles. The van der Waals surface area contributed by atoms with Crippen molar-refractivity contribution in [3.05, 3.63) is 65.2 Å². The number of aliphatic imine (C=N–C) groups is 1. The molecule has 0 aromatic heterocycles. The number of Topliss-reactive ketones (excluding diaryl/α,β-unsaturated/α-hetero) is 1. The lowest BCUT2D eigenvalue weighted by Gasteiger charge is -2.16. The van der Waals surface area contributed by atoms with Crippen LogP contribution in [0.25, 0.3) is 0 Å². The van der Waals surface area contributed by atoms with Crippen LogP contribution in [0.5, 0.6) is 5.75 Å². The Morgan fingerprint density at radius 3 is 2.34 bits per heavy atom. The summed E-state index contributed by atoms with van der Waals surface area (Å²) in [6, 6.07) is 15.6. The van der Waals surface area contributed by atoms with E-state index in [9.17, 15) is 4.79 Å². The largest absolute Gasteiger partial charge is 0.494 e. The highest BCUT2D eigenvalue weighted by Crippen LogP contribution is 2.20. The molecular formula is C26H33NO2. The van der Waals surface area contributed by atoms with Gasteiger partial charge in [-0.1, -0.05) is 76.1 Å².